The minimum absolute atomic E-state index is 0.123. The number of amides is 1. The smallest absolute Gasteiger partial charge is 0.271 e. The Morgan fingerprint density at radius 3 is 2.77 bits per heavy atom. The predicted octanol–water partition coefficient (Wildman–Crippen LogP) is 3.64. The van der Waals surface area contributed by atoms with Gasteiger partial charge in [0.1, 0.15) is 10.0 Å². The molecule has 1 aromatic carbocycles. The second kappa shape index (κ2) is 6.51. The molecule has 1 amide bonds. The van der Waals surface area contributed by atoms with Crippen LogP contribution >= 0.6 is 22.9 Å². The molecule has 2 aliphatic rings. The number of anilines is 1. The summed E-state index contributed by atoms with van der Waals surface area (Å²) < 4.78 is 41.5. The summed E-state index contributed by atoms with van der Waals surface area (Å²) >= 11 is 6.86. The molecule has 0 saturated heterocycles. The zero-order valence-corrected chi connectivity index (χ0v) is 16.1. The van der Waals surface area contributed by atoms with E-state index in [4.69, 9.17) is 11.6 Å². The van der Waals surface area contributed by atoms with E-state index in [2.05, 4.69) is 4.72 Å². The van der Waals surface area contributed by atoms with Crippen molar-refractivity contribution in [3.8, 4) is 0 Å². The number of sulfonamides is 1. The number of fused-ring (bicyclic) bond motifs is 1. The van der Waals surface area contributed by atoms with Gasteiger partial charge in [-0.25, -0.2) is 12.8 Å². The van der Waals surface area contributed by atoms with Gasteiger partial charge in [0.25, 0.3) is 10.0 Å². The van der Waals surface area contributed by atoms with E-state index in [0.717, 1.165) is 29.3 Å². The van der Waals surface area contributed by atoms with Crippen molar-refractivity contribution in [1.82, 2.24) is 4.90 Å². The van der Waals surface area contributed by atoms with Crippen LogP contribution in [0.1, 0.15) is 23.3 Å². The number of carbonyl (C=O) groups excluding carboxylic acids is 1. The number of halogens is 2. The molecule has 0 radical (unpaired) electrons. The third-order valence-electron chi connectivity index (χ3n) is 4.52. The number of rotatable bonds is 4. The molecule has 9 heteroatoms. The third-order valence-corrected chi connectivity index (χ3v) is 7.83. The number of benzene rings is 1. The Balaban J connectivity index is 1.55. The fraction of sp³-hybridized carbons (Fsp3) is 0.353. The highest BCUT2D eigenvalue weighted by Crippen LogP contribution is 2.36. The molecule has 0 unspecified atom stereocenters. The predicted molar refractivity (Wildman–Crippen MR) is 98.4 cm³/mol. The Morgan fingerprint density at radius 1 is 1.31 bits per heavy atom. The first-order chi connectivity index (χ1) is 12.3. The van der Waals surface area contributed by atoms with Crippen LogP contribution in [0, 0.1) is 11.7 Å². The first-order valence-corrected chi connectivity index (χ1v) is 10.9. The maximum Gasteiger partial charge on any atom is 0.271 e. The Bertz CT molecular complexity index is 986. The van der Waals surface area contributed by atoms with Crippen LogP contribution in [-0.4, -0.2) is 25.8 Å². The van der Waals surface area contributed by atoms with E-state index in [-0.39, 0.29) is 26.7 Å². The van der Waals surface area contributed by atoms with Gasteiger partial charge in [-0.15, -0.1) is 11.3 Å². The van der Waals surface area contributed by atoms with Crippen LogP contribution in [0.25, 0.3) is 0 Å². The van der Waals surface area contributed by atoms with Gasteiger partial charge >= 0.3 is 0 Å². The lowest BCUT2D eigenvalue weighted by Gasteiger charge is -2.26. The monoisotopic (exact) mass is 414 g/mol. The molecule has 0 atom stereocenters. The topological polar surface area (TPSA) is 66.5 Å². The minimum atomic E-state index is -3.90. The summed E-state index contributed by atoms with van der Waals surface area (Å²) in [5, 5.41) is 0.192. The largest absolute Gasteiger partial charge is 0.338 e. The van der Waals surface area contributed by atoms with E-state index < -0.39 is 15.8 Å². The molecule has 2 heterocycles. The molecule has 1 aromatic heterocycles. The van der Waals surface area contributed by atoms with Crippen molar-refractivity contribution < 1.29 is 17.6 Å². The molecule has 0 spiro atoms. The molecule has 2 aromatic rings. The van der Waals surface area contributed by atoms with Gasteiger partial charge in [-0.05, 0) is 49.1 Å². The van der Waals surface area contributed by atoms with Crippen LogP contribution < -0.4 is 4.72 Å². The van der Waals surface area contributed by atoms with Crippen LogP contribution in [0.3, 0.4) is 0 Å². The van der Waals surface area contributed by atoms with Crippen molar-refractivity contribution in [3.63, 3.8) is 0 Å². The molecule has 0 bridgehead atoms. The number of hydrogen-bond donors (Lipinski definition) is 1. The van der Waals surface area contributed by atoms with Gasteiger partial charge < -0.3 is 4.90 Å². The summed E-state index contributed by atoms with van der Waals surface area (Å²) in [6.07, 6.45) is 2.54. The van der Waals surface area contributed by atoms with Crippen molar-refractivity contribution in [2.24, 2.45) is 5.92 Å². The van der Waals surface area contributed by atoms with Crippen molar-refractivity contribution in [2.45, 2.75) is 30.0 Å². The molecule has 5 nitrogen and oxygen atoms in total. The number of thiophene rings is 1. The van der Waals surface area contributed by atoms with Gasteiger partial charge in [-0.2, -0.15) is 0 Å². The van der Waals surface area contributed by atoms with Crippen LogP contribution in [0.15, 0.2) is 28.5 Å². The first kappa shape index (κ1) is 17.8. The minimum Gasteiger partial charge on any atom is -0.338 e. The lowest BCUT2D eigenvalue weighted by molar-refractivity contribution is -0.133. The van der Waals surface area contributed by atoms with Crippen LogP contribution in [-0.2, 0) is 27.8 Å². The third kappa shape index (κ3) is 3.45. The molecular weight excluding hydrogens is 399 g/mol. The van der Waals surface area contributed by atoms with Gasteiger partial charge in [-0.3, -0.25) is 9.52 Å². The first-order valence-electron chi connectivity index (χ1n) is 8.22. The molecular formula is C17H16ClFN2O3S2. The summed E-state index contributed by atoms with van der Waals surface area (Å²) in [6.45, 7) is 1.05. The summed E-state index contributed by atoms with van der Waals surface area (Å²) in [4.78, 5) is 15.0. The Kier molecular flexibility index (Phi) is 4.45. The average molecular weight is 415 g/mol. The fourth-order valence-electron chi connectivity index (χ4n) is 2.98. The molecule has 1 saturated carbocycles. The molecule has 4 rings (SSSR count). The Hall–Kier alpha value is -1.64. The van der Waals surface area contributed by atoms with E-state index in [0.29, 0.717) is 19.5 Å². The molecule has 26 heavy (non-hydrogen) atoms. The summed E-state index contributed by atoms with van der Waals surface area (Å²) in [7, 11) is -3.90. The molecule has 1 aliphatic heterocycles. The SMILES string of the molecule is O=C(C1CC1)N1CCc2sc(S(=O)(=O)Nc3ccc(Cl)cc3F)cc2C1. The highest BCUT2D eigenvalue weighted by Gasteiger charge is 2.35. The standard InChI is InChI=1S/C17H16ClFN2O3S2/c18-12-3-4-14(13(19)8-12)20-26(23,24)16-7-11-9-21(6-5-15(11)25-16)17(22)10-1-2-10/h3-4,7-8,10,20H,1-2,5-6,9H2. The van der Waals surface area contributed by atoms with E-state index in [1.807, 2.05) is 0 Å². The van der Waals surface area contributed by atoms with E-state index in [1.165, 1.54) is 23.5 Å². The van der Waals surface area contributed by atoms with Gasteiger partial charge in [0.2, 0.25) is 5.91 Å². The van der Waals surface area contributed by atoms with Gasteiger partial charge in [0.05, 0.1) is 5.69 Å². The molecule has 1 aliphatic carbocycles. The van der Waals surface area contributed by atoms with Crippen LogP contribution in [0.5, 0.6) is 0 Å². The number of nitrogens with one attached hydrogen (secondary N) is 1. The van der Waals surface area contributed by atoms with Crippen LogP contribution in [0.4, 0.5) is 10.1 Å². The Morgan fingerprint density at radius 2 is 2.08 bits per heavy atom. The van der Waals surface area contributed by atoms with E-state index >= 15 is 0 Å². The fourth-order valence-corrected chi connectivity index (χ4v) is 5.75. The van der Waals surface area contributed by atoms with Crippen LogP contribution in [0.2, 0.25) is 5.02 Å². The number of hydrogen-bond acceptors (Lipinski definition) is 4. The van der Waals surface area contributed by atoms with Gasteiger partial charge in [0, 0.05) is 28.9 Å². The Labute approximate surface area is 159 Å². The summed E-state index contributed by atoms with van der Waals surface area (Å²) in [5.41, 5.74) is 0.707. The zero-order chi connectivity index (χ0) is 18.5. The van der Waals surface area contributed by atoms with E-state index in [9.17, 15) is 17.6 Å². The van der Waals surface area contributed by atoms with Crippen molar-refractivity contribution >= 4 is 44.6 Å². The van der Waals surface area contributed by atoms with E-state index in [1.54, 1.807) is 11.0 Å². The second-order valence-corrected chi connectivity index (χ2v) is 10.0. The maximum absolute atomic E-state index is 13.9. The second-order valence-electron chi connectivity index (χ2n) is 6.53. The lowest BCUT2D eigenvalue weighted by atomic mass is 10.1. The number of carbonyl (C=O) groups is 1. The zero-order valence-electron chi connectivity index (χ0n) is 13.7. The lowest BCUT2D eigenvalue weighted by Crippen LogP contribution is -2.36. The highest BCUT2D eigenvalue weighted by molar-refractivity contribution is 7.94. The summed E-state index contributed by atoms with van der Waals surface area (Å²) in [6, 6.07) is 5.35. The molecule has 1 fully saturated rings. The maximum atomic E-state index is 13.9. The highest BCUT2D eigenvalue weighted by atomic mass is 35.5. The normalized spacial score (nSPS) is 17.1. The average Bonchev–Trinajstić information content (AvgIpc) is 3.34. The van der Waals surface area contributed by atoms with Gasteiger partial charge in [0.15, 0.2) is 0 Å². The van der Waals surface area contributed by atoms with Gasteiger partial charge in [-0.1, -0.05) is 11.6 Å². The van der Waals surface area contributed by atoms with Crippen molar-refractivity contribution in [1.29, 1.82) is 0 Å². The van der Waals surface area contributed by atoms with Crippen molar-refractivity contribution in [2.75, 3.05) is 11.3 Å². The quantitative estimate of drug-likeness (QED) is 0.830. The number of nitrogens with zero attached hydrogens (tertiary/aromatic N) is 1. The molecule has 1 N–H and O–H groups in total. The molecule has 138 valence electrons. The summed E-state index contributed by atoms with van der Waals surface area (Å²) in [5.74, 6) is -0.427. The van der Waals surface area contributed by atoms with Crippen molar-refractivity contribution in [3.05, 3.63) is 45.5 Å².